The van der Waals surface area contributed by atoms with Crippen molar-refractivity contribution < 1.29 is 9.53 Å². The Labute approximate surface area is 94.1 Å². The fourth-order valence-electron chi connectivity index (χ4n) is 2.59. The van der Waals surface area contributed by atoms with Crippen molar-refractivity contribution in [2.45, 2.75) is 25.0 Å². The van der Waals surface area contributed by atoms with Gasteiger partial charge in [0.25, 0.3) is 0 Å². The highest BCUT2D eigenvalue weighted by Gasteiger charge is 2.39. The number of ether oxygens (including phenoxy) is 1. The van der Waals surface area contributed by atoms with Gasteiger partial charge in [0.15, 0.2) is 0 Å². The molecule has 82 valence electrons. The molecule has 1 aromatic rings. The highest BCUT2D eigenvalue weighted by Crippen LogP contribution is 2.52. The Bertz CT molecular complexity index is 467. The molecule has 2 bridgehead atoms. The Morgan fingerprint density at radius 2 is 2.25 bits per heavy atom. The molecule has 1 amide bonds. The van der Waals surface area contributed by atoms with Crippen LogP contribution in [0, 0.1) is 0 Å². The summed E-state index contributed by atoms with van der Waals surface area (Å²) < 4.78 is 5.82. The Morgan fingerprint density at radius 1 is 1.44 bits per heavy atom. The lowest BCUT2D eigenvalue weighted by atomic mass is 9.90. The number of anilines is 1. The molecule has 0 radical (unpaired) electrons. The maximum atomic E-state index is 11.3. The number of nitrogens with one attached hydrogen (secondary N) is 1. The van der Waals surface area contributed by atoms with Crippen molar-refractivity contribution in [2.24, 2.45) is 0 Å². The number of benzene rings is 1. The van der Waals surface area contributed by atoms with Gasteiger partial charge in [0, 0.05) is 11.3 Å². The third-order valence-electron chi connectivity index (χ3n) is 3.27. The normalized spacial score (nSPS) is 25.2. The van der Waals surface area contributed by atoms with E-state index in [1.807, 2.05) is 12.1 Å². The summed E-state index contributed by atoms with van der Waals surface area (Å²) in [5.74, 6) is -0.170. The van der Waals surface area contributed by atoms with Crippen LogP contribution in [0.2, 0.25) is 0 Å². The smallest absolute Gasteiger partial charge is 0.247 e. The predicted octanol–water partition coefficient (Wildman–Crippen LogP) is 2.72. The van der Waals surface area contributed by atoms with Gasteiger partial charge < -0.3 is 10.1 Å². The molecule has 3 nitrogen and oxygen atoms in total. The van der Waals surface area contributed by atoms with E-state index in [4.69, 9.17) is 4.74 Å². The SMILES string of the molecule is C=CC(=O)Nc1cccc2c1C1CCC2O1. The number of carbonyl (C=O) groups excluding carboxylic acids is 1. The van der Waals surface area contributed by atoms with E-state index in [9.17, 15) is 4.79 Å². The first-order chi connectivity index (χ1) is 7.79. The van der Waals surface area contributed by atoms with Crippen LogP contribution < -0.4 is 5.32 Å². The molecule has 1 saturated heterocycles. The zero-order valence-electron chi connectivity index (χ0n) is 8.90. The molecule has 2 aliphatic rings. The maximum absolute atomic E-state index is 11.3. The minimum absolute atomic E-state index is 0.168. The van der Waals surface area contributed by atoms with Crippen LogP contribution in [-0.4, -0.2) is 5.91 Å². The summed E-state index contributed by atoms with van der Waals surface area (Å²) in [5, 5.41) is 2.84. The summed E-state index contributed by atoms with van der Waals surface area (Å²) in [7, 11) is 0. The second-order valence-electron chi connectivity index (χ2n) is 4.19. The van der Waals surface area contributed by atoms with E-state index in [1.165, 1.54) is 11.6 Å². The molecule has 2 atom stereocenters. The van der Waals surface area contributed by atoms with Crippen LogP contribution >= 0.6 is 0 Å². The molecule has 1 N–H and O–H groups in total. The summed E-state index contributed by atoms with van der Waals surface area (Å²) in [5.41, 5.74) is 3.27. The largest absolute Gasteiger partial charge is 0.366 e. The Balaban J connectivity index is 2.02. The lowest BCUT2D eigenvalue weighted by Gasteiger charge is -2.15. The molecule has 0 saturated carbocycles. The van der Waals surface area contributed by atoms with Gasteiger partial charge >= 0.3 is 0 Å². The van der Waals surface area contributed by atoms with Gasteiger partial charge in [-0.05, 0) is 30.5 Å². The fraction of sp³-hybridized carbons (Fsp3) is 0.308. The number of amides is 1. The molecule has 2 unspecified atom stereocenters. The van der Waals surface area contributed by atoms with Crippen molar-refractivity contribution in [1.82, 2.24) is 0 Å². The highest BCUT2D eigenvalue weighted by atomic mass is 16.5. The number of hydrogen-bond acceptors (Lipinski definition) is 2. The van der Waals surface area contributed by atoms with Crippen LogP contribution in [0.25, 0.3) is 0 Å². The van der Waals surface area contributed by atoms with Crippen LogP contribution in [0.4, 0.5) is 5.69 Å². The Morgan fingerprint density at radius 3 is 3.06 bits per heavy atom. The zero-order valence-corrected chi connectivity index (χ0v) is 8.90. The Hall–Kier alpha value is -1.61. The predicted molar refractivity (Wildman–Crippen MR) is 61.1 cm³/mol. The van der Waals surface area contributed by atoms with Crippen molar-refractivity contribution in [3.8, 4) is 0 Å². The first kappa shape index (κ1) is 9.60. The van der Waals surface area contributed by atoms with Crippen molar-refractivity contribution >= 4 is 11.6 Å². The number of fused-ring (bicyclic) bond motifs is 5. The topological polar surface area (TPSA) is 38.3 Å². The number of carbonyl (C=O) groups is 1. The molecule has 2 aliphatic heterocycles. The lowest BCUT2D eigenvalue weighted by molar-refractivity contribution is -0.111. The summed E-state index contributed by atoms with van der Waals surface area (Å²) in [6, 6.07) is 5.97. The second-order valence-corrected chi connectivity index (χ2v) is 4.19. The van der Waals surface area contributed by atoms with E-state index >= 15 is 0 Å². The van der Waals surface area contributed by atoms with Crippen LogP contribution in [0.1, 0.15) is 36.2 Å². The van der Waals surface area contributed by atoms with Crippen LogP contribution in [-0.2, 0) is 9.53 Å². The maximum Gasteiger partial charge on any atom is 0.247 e. The monoisotopic (exact) mass is 215 g/mol. The molecule has 0 spiro atoms. The third-order valence-corrected chi connectivity index (χ3v) is 3.27. The minimum atomic E-state index is -0.170. The quantitative estimate of drug-likeness (QED) is 0.770. The summed E-state index contributed by atoms with van der Waals surface area (Å²) in [6.45, 7) is 3.45. The molecular formula is C13H13NO2. The lowest BCUT2D eigenvalue weighted by Crippen LogP contribution is -2.11. The van der Waals surface area contributed by atoms with Gasteiger partial charge in [-0.1, -0.05) is 18.7 Å². The molecule has 0 aromatic heterocycles. The van der Waals surface area contributed by atoms with E-state index in [2.05, 4.69) is 18.0 Å². The van der Waals surface area contributed by atoms with Crippen LogP contribution in [0.3, 0.4) is 0 Å². The van der Waals surface area contributed by atoms with E-state index in [-0.39, 0.29) is 18.1 Å². The fourth-order valence-corrected chi connectivity index (χ4v) is 2.59. The first-order valence-electron chi connectivity index (χ1n) is 5.51. The van der Waals surface area contributed by atoms with Gasteiger partial charge in [0.1, 0.15) is 0 Å². The highest BCUT2D eigenvalue weighted by molar-refractivity contribution is 5.99. The molecular weight excluding hydrogens is 202 g/mol. The van der Waals surface area contributed by atoms with Gasteiger partial charge in [-0.3, -0.25) is 4.79 Å². The van der Waals surface area contributed by atoms with E-state index < -0.39 is 0 Å². The van der Waals surface area contributed by atoms with Gasteiger partial charge in [0.05, 0.1) is 12.2 Å². The summed E-state index contributed by atoms with van der Waals surface area (Å²) >= 11 is 0. The van der Waals surface area contributed by atoms with Gasteiger partial charge in [0.2, 0.25) is 5.91 Å². The molecule has 3 heteroatoms. The van der Waals surface area contributed by atoms with Gasteiger partial charge in [-0.15, -0.1) is 0 Å². The van der Waals surface area contributed by atoms with Crippen LogP contribution in [0.15, 0.2) is 30.9 Å². The average molecular weight is 215 g/mol. The molecule has 1 fully saturated rings. The van der Waals surface area contributed by atoms with Crippen molar-refractivity contribution in [3.63, 3.8) is 0 Å². The molecule has 0 aliphatic carbocycles. The summed E-state index contributed by atoms with van der Waals surface area (Å²) in [4.78, 5) is 11.3. The van der Waals surface area contributed by atoms with E-state index in [0.717, 1.165) is 24.1 Å². The van der Waals surface area contributed by atoms with Gasteiger partial charge in [-0.25, -0.2) is 0 Å². The number of rotatable bonds is 2. The van der Waals surface area contributed by atoms with Crippen molar-refractivity contribution in [1.29, 1.82) is 0 Å². The number of hydrogen-bond donors (Lipinski definition) is 1. The van der Waals surface area contributed by atoms with Crippen molar-refractivity contribution in [2.75, 3.05) is 5.32 Å². The summed E-state index contributed by atoms with van der Waals surface area (Å²) in [6.07, 6.45) is 3.84. The van der Waals surface area contributed by atoms with Crippen molar-refractivity contribution in [3.05, 3.63) is 42.0 Å². The third kappa shape index (κ3) is 1.28. The molecule has 16 heavy (non-hydrogen) atoms. The second kappa shape index (κ2) is 3.46. The standard InChI is InChI=1S/C13H13NO2/c1-2-12(15)14-9-5-3-4-8-10-6-7-11(16-10)13(8)9/h2-5,10-11H,1,6-7H2,(H,14,15). The molecule has 2 heterocycles. The van der Waals surface area contributed by atoms with Gasteiger partial charge in [-0.2, -0.15) is 0 Å². The molecule has 3 rings (SSSR count). The molecule has 1 aromatic carbocycles. The first-order valence-corrected chi connectivity index (χ1v) is 5.51. The Kier molecular flexibility index (Phi) is 2.07. The minimum Gasteiger partial charge on any atom is -0.366 e. The van der Waals surface area contributed by atoms with E-state index in [1.54, 1.807) is 0 Å². The average Bonchev–Trinajstić information content (AvgIpc) is 2.90. The van der Waals surface area contributed by atoms with Crippen LogP contribution in [0.5, 0.6) is 0 Å². The zero-order chi connectivity index (χ0) is 11.1. The van der Waals surface area contributed by atoms with E-state index in [0.29, 0.717) is 0 Å².